The maximum Gasteiger partial charge on any atom is 0.272 e. The molecule has 1 heterocycles. The largest absolute Gasteiger partial charge is 0.345 e. The summed E-state index contributed by atoms with van der Waals surface area (Å²) in [7, 11) is 0. The Labute approximate surface area is 126 Å². The van der Waals surface area contributed by atoms with Crippen LogP contribution in [0.4, 0.5) is 5.69 Å². The predicted octanol–water partition coefficient (Wildman–Crippen LogP) is 2.58. The van der Waals surface area contributed by atoms with Crippen molar-refractivity contribution < 1.29 is 4.79 Å². The summed E-state index contributed by atoms with van der Waals surface area (Å²) in [6.07, 6.45) is 4.18. The van der Waals surface area contributed by atoms with Crippen molar-refractivity contribution in [2.45, 2.75) is 65.3 Å². The summed E-state index contributed by atoms with van der Waals surface area (Å²) >= 11 is 0. The number of hydrogen-bond acceptors (Lipinski definition) is 5. The Morgan fingerprint density at radius 2 is 1.86 bits per heavy atom. The predicted molar refractivity (Wildman–Crippen MR) is 85.0 cm³/mol. The molecule has 0 fully saturated rings. The Balaban J connectivity index is 3.13. The van der Waals surface area contributed by atoms with E-state index < -0.39 is 0 Å². The highest BCUT2D eigenvalue weighted by molar-refractivity contribution is 5.97. The molecule has 1 rings (SSSR count). The summed E-state index contributed by atoms with van der Waals surface area (Å²) in [5, 5.41) is 3.11. The highest BCUT2D eigenvalue weighted by atomic mass is 16.2. The normalized spacial score (nSPS) is 11.6. The summed E-state index contributed by atoms with van der Waals surface area (Å²) in [5.74, 6) is 6.04. The van der Waals surface area contributed by atoms with Gasteiger partial charge in [0.1, 0.15) is 5.82 Å². The van der Waals surface area contributed by atoms with Crippen molar-refractivity contribution in [2.75, 3.05) is 5.43 Å². The van der Waals surface area contributed by atoms with Crippen molar-refractivity contribution in [2.24, 2.45) is 5.84 Å². The lowest BCUT2D eigenvalue weighted by molar-refractivity contribution is 0.0883. The third-order valence-electron chi connectivity index (χ3n) is 4.10. The van der Waals surface area contributed by atoms with Crippen LogP contribution < -0.4 is 16.6 Å². The third kappa shape index (κ3) is 3.91. The molecule has 0 aliphatic rings. The van der Waals surface area contributed by atoms with Crippen molar-refractivity contribution in [3.8, 4) is 0 Å². The van der Waals surface area contributed by atoms with Gasteiger partial charge in [-0.3, -0.25) is 10.6 Å². The van der Waals surface area contributed by atoms with Gasteiger partial charge in [0.15, 0.2) is 5.69 Å². The highest BCUT2D eigenvalue weighted by Crippen LogP contribution is 2.22. The van der Waals surface area contributed by atoms with Gasteiger partial charge >= 0.3 is 0 Å². The van der Waals surface area contributed by atoms with Gasteiger partial charge in [0, 0.05) is 11.5 Å². The minimum atomic E-state index is -0.210. The van der Waals surface area contributed by atoms with E-state index in [1.165, 1.54) is 0 Å². The first-order valence-corrected chi connectivity index (χ1v) is 7.59. The molecule has 1 aromatic rings. The fourth-order valence-corrected chi connectivity index (χ4v) is 2.27. The van der Waals surface area contributed by atoms with E-state index in [2.05, 4.69) is 41.5 Å². The summed E-state index contributed by atoms with van der Waals surface area (Å²) in [6.45, 7) is 10.2. The molecule has 0 unspecified atom stereocenters. The molecular weight excluding hydrogens is 266 g/mol. The second kappa shape index (κ2) is 7.36. The number of anilines is 1. The van der Waals surface area contributed by atoms with Crippen LogP contribution in [0.3, 0.4) is 0 Å². The van der Waals surface area contributed by atoms with Crippen LogP contribution in [0.2, 0.25) is 0 Å². The first kappa shape index (κ1) is 17.4. The molecule has 0 aliphatic carbocycles. The second-order valence-electron chi connectivity index (χ2n) is 5.58. The quantitative estimate of drug-likeness (QED) is 0.531. The van der Waals surface area contributed by atoms with Gasteiger partial charge in [0.05, 0.1) is 11.9 Å². The van der Waals surface area contributed by atoms with Crippen LogP contribution in [0, 0.1) is 0 Å². The number of nitrogen functional groups attached to an aromatic ring is 1. The number of nitrogens with zero attached hydrogens (tertiary/aromatic N) is 2. The molecule has 0 aromatic carbocycles. The van der Waals surface area contributed by atoms with E-state index in [4.69, 9.17) is 5.84 Å². The van der Waals surface area contributed by atoms with E-state index >= 15 is 0 Å². The highest BCUT2D eigenvalue weighted by Gasteiger charge is 2.28. The van der Waals surface area contributed by atoms with E-state index in [-0.39, 0.29) is 17.4 Å². The van der Waals surface area contributed by atoms with Gasteiger partial charge in [-0.2, -0.15) is 0 Å². The standard InChI is InChI=1S/C15H27N5O/c1-6-15(7-2,8-3)19-14(21)12-11(20-16)9-17-13(18-12)10(4)5/h9-10,20H,6-8,16H2,1-5H3,(H,19,21). The van der Waals surface area contributed by atoms with Gasteiger partial charge in [0.25, 0.3) is 5.91 Å². The minimum Gasteiger partial charge on any atom is -0.345 e. The van der Waals surface area contributed by atoms with Gasteiger partial charge in [-0.1, -0.05) is 34.6 Å². The summed E-state index contributed by atoms with van der Waals surface area (Å²) in [5.41, 5.74) is 3.03. The number of hydrogen-bond donors (Lipinski definition) is 3. The number of hydrazine groups is 1. The monoisotopic (exact) mass is 293 g/mol. The zero-order valence-corrected chi connectivity index (χ0v) is 13.7. The number of carbonyl (C=O) groups excluding carboxylic acids is 1. The number of nitrogens with two attached hydrogens (primary N) is 1. The van der Waals surface area contributed by atoms with E-state index in [0.29, 0.717) is 17.2 Å². The van der Waals surface area contributed by atoms with E-state index in [1.54, 1.807) is 6.20 Å². The van der Waals surface area contributed by atoms with Crippen LogP contribution in [-0.2, 0) is 0 Å². The Kier molecular flexibility index (Phi) is 6.08. The molecule has 0 radical (unpaired) electrons. The molecular formula is C15H27N5O. The molecule has 0 saturated heterocycles. The fraction of sp³-hybridized carbons (Fsp3) is 0.667. The molecule has 0 saturated carbocycles. The van der Waals surface area contributed by atoms with E-state index in [1.807, 2.05) is 13.8 Å². The summed E-state index contributed by atoms with van der Waals surface area (Å²) in [6, 6.07) is 0. The summed E-state index contributed by atoms with van der Waals surface area (Å²) in [4.78, 5) is 21.2. The molecule has 21 heavy (non-hydrogen) atoms. The van der Waals surface area contributed by atoms with Crippen molar-refractivity contribution in [1.82, 2.24) is 15.3 Å². The smallest absolute Gasteiger partial charge is 0.272 e. The van der Waals surface area contributed by atoms with Crippen molar-refractivity contribution in [1.29, 1.82) is 0 Å². The lowest BCUT2D eigenvalue weighted by Crippen LogP contribution is -2.47. The van der Waals surface area contributed by atoms with Crippen molar-refractivity contribution in [3.63, 3.8) is 0 Å². The second-order valence-corrected chi connectivity index (χ2v) is 5.58. The fourth-order valence-electron chi connectivity index (χ4n) is 2.27. The molecule has 0 spiro atoms. The molecule has 6 nitrogen and oxygen atoms in total. The average molecular weight is 293 g/mol. The Bertz CT molecular complexity index is 475. The van der Waals surface area contributed by atoms with Crippen LogP contribution in [0.15, 0.2) is 6.20 Å². The zero-order chi connectivity index (χ0) is 16.0. The molecule has 0 aliphatic heterocycles. The van der Waals surface area contributed by atoms with E-state index in [0.717, 1.165) is 19.3 Å². The number of rotatable bonds is 7. The molecule has 4 N–H and O–H groups in total. The van der Waals surface area contributed by atoms with E-state index in [9.17, 15) is 4.79 Å². The Hall–Kier alpha value is -1.69. The van der Waals surface area contributed by atoms with Crippen LogP contribution >= 0.6 is 0 Å². The van der Waals surface area contributed by atoms with Gasteiger partial charge < -0.3 is 10.7 Å². The topological polar surface area (TPSA) is 92.9 Å². The van der Waals surface area contributed by atoms with Crippen LogP contribution in [0.25, 0.3) is 0 Å². The average Bonchev–Trinajstić information content (AvgIpc) is 2.51. The van der Waals surface area contributed by atoms with Crippen molar-refractivity contribution >= 4 is 11.6 Å². The SMILES string of the molecule is CCC(CC)(CC)NC(=O)c1nc(C(C)C)ncc1NN. The molecule has 1 aromatic heterocycles. The first-order chi connectivity index (χ1) is 9.92. The molecule has 6 heteroatoms. The maximum atomic E-state index is 12.6. The Morgan fingerprint density at radius 3 is 2.29 bits per heavy atom. The lowest BCUT2D eigenvalue weighted by Gasteiger charge is -2.31. The molecule has 1 amide bonds. The minimum absolute atomic E-state index is 0.150. The zero-order valence-electron chi connectivity index (χ0n) is 13.7. The Morgan fingerprint density at radius 1 is 1.29 bits per heavy atom. The van der Waals surface area contributed by atoms with Gasteiger partial charge in [0.2, 0.25) is 0 Å². The maximum absolute atomic E-state index is 12.6. The molecule has 118 valence electrons. The van der Waals surface area contributed by atoms with Gasteiger partial charge in [-0.25, -0.2) is 9.97 Å². The first-order valence-electron chi connectivity index (χ1n) is 7.59. The van der Waals surface area contributed by atoms with Crippen LogP contribution in [-0.4, -0.2) is 21.4 Å². The van der Waals surface area contributed by atoms with Crippen LogP contribution in [0.1, 0.15) is 76.1 Å². The molecule has 0 atom stereocenters. The van der Waals surface area contributed by atoms with Crippen molar-refractivity contribution in [3.05, 3.63) is 17.7 Å². The number of carbonyl (C=O) groups is 1. The van der Waals surface area contributed by atoms with Gasteiger partial charge in [-0.15, -0.1) is 0 Å². The number of aromatic nitrogens is 2. The lowest BCUT2D eigenvalue weighted by atomic mass is 9.89. The van der Waals surface area contributed by atoms with Crippen LogP contribution in [0.5, 0.6) is 0 Å². The van der Waals surface area contributed by atoms with Gasteiger partial charge in [-0.05, 0) is 19.3 Å². The summed E-state index contributed by atoms with van der Waals surface area (Å²) < 4.78 is 0. The number of amides is 1. The number of nitrogens with one attached hydrogen (secondary N) is 2. The molecule has 0 bridgehead atoms. The third-order valence-corrected chi connectivity index (χ3v) is 4.10.